The zero-order valence-corrected chi connectivity index (χ0v) is 10.8. The van der Waals surface area contributed by atoms with E-state index < -0.39 is 17.6 Å². The third kappa shape index (κ3) is 3.94. The molecule has 5 heteroatoms. The fourth-order valence-corrected chi connectivity index (χ4v) is 2.45. The Labute approximate surface area is 102 Å². The second kappa shape index (κ2) is 5.80. The van der Waals surface area contributed by atoms with Crippen molar-refractivity contribution in [3.8, 4) is 0 Å². The number of ether oxygens (including phenoxy) is 1. The number of carbonyl (C=O) groups is 1. The molecular formula is C12H23NO4. The molecule has 0 spiro atoms. The lowest BCUT2D eigenvalue weighted by atomic mass is 9.92. The summed E-state index contributed by atoms with van der Waals surface area (Å²) in [4.78, 5) is 12.9. The maximum atomic E-state index is 11.2. The molecule has 1 fully saturated rings. The van der Waals surface area contributed by atoms with Crippen molar-refractivity contribution in [3.63, 3.8) is 0 Å². The van der Waals surface area contributed by atoms with E-state index in [0.717, 1.165) is 0 Å². The van der Waals surface area contributed by atoms with Crippen LogP contribution < -0.4 is 0 Å². The summed E-state index contributed by atoms with van der Waals surface area (Å²) in [5.41, 5.74) is -0.810. The molecule has 1 rings (SSSR count). The Morgan fingerprint density at radius 3 is 2.35 bits per heavy atom. The summed E-state index contributed by atoms with van der Waals surface area (Å²) < 4.78 is 5.21. The van der Waals surface area contributed by atoms with Gasteiger partial charge in [-0.15, -0.1) is 0 Å². The molecule has 0 saturated carbocycles. The van der Waals surface area contributed by atoms with E-state index in [1.165, 1.54) is 0 Å². The van der Waals surface area contributed by atoms with Crippen molar-refractivity contribution >= 4 is 5.97 Å². The number of nitrogens with zero attached hydrogens (tertiary/aromatic N) is 1. The van der Waals surface area contributed by atoms with Gasteiger partial charge in [-0.25, -0.2) is 0 Å². The molecule has 1 heterocycles. The molecule has 1 aliphatic rings. The lowest BCUT2D eigenvalue weighted by molar-refractivity contribution is -0.147. The average Bonchev–Trinajstić information content (AvgIpc) is 2.15. The average molecular weight is 245 g/mol. The van der Waals surface area contributed by atoms with Crippen LogP contribution in [0.15, 0.2) is 0 Å². The largest absolute Gasteiger partial charge is 0.480 e. The summed E-state index contributed by atoms with van der Waals surface area (Å²) in [5.74, 6) is -0.820. The summed E-state index contributed by atoms with van der Waals surface area (Å²) in [6, 6.07) is -0.554. The van der Waals surface area contributed by atoms with Crippen LogP contribution in [0.4, 0.5) is 0 Å². The first-order valence-electron chi connectivity index (χ1n) is 6.09. The van der Waals surface area contributed by atoms with Crippen LogP contribution in [-0.4, -0.2) is 59.5 Å². The molecule has 5 nitrogen and oxygen atoms in total. The van der Waals surface area contributed by atoms with E-state index in [9.17, 15) is 15.0 Å². The van der Waals surface area contributed by atoms with E-state index in [-0.39, 0.29) is 5.92 Å². The van der Waals surface area contributed by atoms with Gasteiger partial charge in [-0.2, -0.15) is 0 Å². The zero-order chi connectivity index (χ0) is 13.1. The first-order chi connectivity index (χ1) is 7.86. The minimum absolute atomic E-state index is 0.0148. The van der Waals surface area contributed by atoms with E-state index >= 15 is 0 Å². The maximum absolute atomic E-state index is 11.2. The Bertz CT molecular complexity index is 261. The van der Waals surface area contributed by atoms with Crippen molar-refractivity contribution in [2.45, 2.75) is 38.3 Å². The minimum atomic E-state index is -0.835. The molecular weight excluding hydrogens is 222 g/mol. The fourth-order valence-electron chi connectivity index (χ4n) is 2.45. The zero-order valence-electron chi connectivity index (χ0n) is 10.8. The quantitative estimate of drug-likeness (QED) is 0.741. The molecule has 100 valence electrons. The maximum Gasteiger partial charge on any atom is 0.321 e. The molecule has 17 heavy (non-hydrogen) atoms. The van der Waals surface area contributed by atoms with Gasteiger partial charge < -0.3 is 14.9 Å². The van der Waals surface area contributed by atoms with Crippen LogP contribution in [0, 0.1) is 5.92 Å². The van der Waals surface area contributed by atoms with E-state index in [4.69, 9.17) is 4.74 Å². The van der Waals surface area contributed by atoms with Crippen molar-refractivity contribution in [3.05, 3.63) is 0 Å². The Hall–Kier alpha value is -0.650. The third-order valence-electron chi connectivity index (χ3n) is 3.33. The highest BCUT2D eigenvalue weighted by Gasteiger charge is 2.35. The van der Waals surface area contributed by atoms with Crippen molar-refractivity contribution in [2.75, 3.05) is 26.8 Å². The Morgan fingerprint density at radius 2 is 1.94 bits per heavy atom. The van der Waals surface area contributed by atoms with E-state index in [1.807, 2.05) is 13.8 Å². The van der Waals surface area contributed by atoms with Crippen LogP contribution in [0.1, 0.15) is 26.7 Å². The van der Waals surface area contributed by atoms with Gasteiger partial charge in [0.25, 0.3) is 0 Å². The van der Waals surface area contributed by atoms with Crippen molar-refractivity contribution in [2.24, 2.45) is 5.92 Å². The number of aliphatic hydroxyl groups is 1. The Morgan fingerprint density at radius 1 is 1.41 bits per heavy atom. The smallest absolute Gasteiger partial charge is 0.321 e. The SMILES string of the molecule is CC(C)C(C(=O)O)N(C)CC1(O)CCOCC1. The monoisotopic (exact) mass is 245 g/mol. The van der Waals surface area contributed by atoms with Crippen molar-refractivity contribution in [1.82, 2.24) is 4.90 Å². The standard InChI is InChI=1S/C12H23NO4/c1-9(2)10(11(14)15)13(3)8-12(16)4-6-17-7-5-12/h9-10,16H,4-8H2,1-3H3,(H,14,15). The summed E-state index contributed by atoms with van der Waals surface area (Å²) in [6.07, 6.45) is 1.14. The van der Waals surface area contributed by atoms with Gasteiger partial charge in [0.05, 0.1) is 5.60 Å². The number of carboxylic acids is 1. The van der Waals surface area contributed by atoms with E-state index in [2.05, 4.69) is 0 Å². The lowest BCUT2D eigenvalue weighted by Gasteiger charge is -2.38. The topological polar surface area (TPSA) is 70.0 Å². The molecule has 0 radical (unpaired) electrons. The summed E-state index contributed by atoms with van der Waals surface area (Å²) >= 11 is 0. The molecule has 1 aliphatic heterocycles. The molecule has 0 bridgehead atoms. The Kier molecular flexibility index (Phi) is 4.91. The van der Waals surface area contributed by atoms with Crippen LogP contribution >= 0.6 is 0 Å². The number of hydrogen-bond donors (Lipinski definition) is 2. The van der Waals surface area contributed by atoms with E-state index in [1.54, 1.807) is 11.9 Å². The van der Waals surface area contributed by atoms with Crippen LogP contribution in [0.2, 0.25) is 0 Å². The molecule has 0 aromatic carbocycles. The van der Waals surface area contributed by atoms with Crippen LogP contribution in [0.25, 0.3) is 0 Å². The van der Waals surface area contributed by atoms with Gasteiger partial charge in [-0.1, -0.05) is 13.8 Å². The van der Waals surface area contributed by atoms with Gasteiger partial charge >= 0.3 is 5.97 Å². The predicted octanol–water partition coefficient (Wildman–Crippen LogP) is 0.569. The highest BCUT2D eigenvalue weighted by Crippen LogP contribution is 2.23. The highest BCUT2D eigenvalue weighted by atomic mass is 16.5. The molecule has 2 N–H and O–H groups in total. The van der Waals surface area contributed by atoms with Crippen molar-refractivity contribution in [1.29, 1.82) is 0 Å². The van der Waals surface area contributed by atoms with E-state index in [0.29, 0.717) is 32.6 Å². The Balaban J connectivity index is 2.62. The second-order valence-corrected chi connectivity index (χ2v) is 5.28. The predicted molar refractivity (Wildman–Crippen MR) is 63.9 cm³/mol. The normalized spacial score (nSPS) is 21.8. The van der Waals surface area contributed by atoms with Gasteiger partial charge in [0.1, 0.15) is 6.04 Å². The molecule has 1 atom stereocenters. The molecule has 0 aliphatic carbocycles. The second-order valence-electron chi connectivity index (χ2n) is 5.28. The molecule has 0 amide bonds. The summed E-state index contributed by atoms with van der Waals surface area (Å²) in [5, 5.41) is 19.5. The highest BCUT2D eigenvalue weighted by molar-refractivity contribution is 5.73. The third-order valence-corrected chi connectivity index (χ3v) is 3.33. The first kappa shape index (κ1) is 14.4. The molecule has 1 unspecified atom stereocenters. The number of carboxylic acid groups (broad SMARTS) is 1. The number of hydrogen-bond acceptors (Lipinski definition) is 4. The van der Waals surface area contributed by atoms with Crippen LogP contribution in [-0.2, 0) is 9.53 Å². The van der Waals surface area contributed by atoms with Crippen molar-refractivity contribution < 1.29 is 19.7 Å². The van der Waals surface area contributed by atoms with Crippen LogP contribution in [0.5, 0.6) is 0 Å². The lowest BCUT2D eigenvalue weighted by Crippen LogP contribution is -2.52. The van der Waals surface area contributed by atoms with Gasteiger partial charge in [-0.05, 0) is 13.0 Å². The molecule has 0 aromatic heterocycles. The van der Waals surface area contributed by atoms with Gasteiger partial charge in [0.2, 0.25) is 0 Å². The fraction of sp³-hybridized carbons (Fsp3) is 0.917. The number of aliphatic carboxylic acids is 1. The summed E-state index contributed by atoms with van der Waals surface area (Å²) in [7, 11) is 1.76. The van der Waals surface area contributed by atoms with Crippen LogP contribution in [0.3, 0.4) is 0 Å². The van der Waals surface area contributed by atoms with Gasteiger partial charge in [0, 0.05) is 32.6 Å². The minimum Gasteiger partial charge on any atom is -0.480 e. The van der Waals surface area contributed by atoms with Gasteiger partial charge in [-0.3, -0.25) is 9.69 Å². The number of likely N-dealkylation sites (N-methyl/N-ethyl adjacent to an activating group) is 1. The molecule has 0 aromatic rings. The number of rotatable bonds is 5. The molecule has 1 saturated heterocycles. The summed E-state index contributed by atoms with van der Waals surface area (Å²) in [6.45, 7) is 5.23. The first-order valence-corrected chi connectivity index (χ1v) is 6.09. The van der Waals surface area contributed by atoms with Gasteiger partial charge in [0.15, 0.2) is 0 Å².